The van der Waals surface area contributed by atoms with Crippen LogP contribution in [0.25, 0.3) is 0 Å². The molecule has 1 saturated heterocycles. The minimum atomic E-state index is -0.0809. The number of rotatable bonds is 8. The maximum Gasteiger partial charge on any atom is 0.251 e. The molecule has 0 bridgehead atoms. The molecule has 27 heavy (non-hydrogen) atoms. The summed E-state index contributed by atoms with van der Waals surface area (Å²) in [6.45, 7) is 8.03. The minimum absolute atomic E-state index is 0.0809. The first-order valence-electron chi connectivity index (χ1n) is 9.67. The highest BCUT2D eigenvalue weighted by Gasteiger charge is 2.10. The molecule has 0 aromatic heterocycles. The third-order valence-electron chi connectivity index (χ3n) is 4.82. The molecule has 0 spiro atoms. The van der Waals surface area contributed by atoms with E-state index in [0.29, 0.717) is 18.7 Å². The van der Waals surface area contributed by atoms with E-state index in [0.717, 1.165) is 17.9 Å². The Morgan fingerprint density at radius 1 is 1.00 bits per heavy atom. The van der Waals surface area contributed by atoms with Crippen molar-refractivity contribution < 1.29 is 9.53 Å². The molecule has 142 valence electrons. The molecule has 0 atom stereocenters. The van der Waals surface area contributed by atoms with Crippen LogP contribution in [-0.4, -0.2) is 30.5 Å². The monoisotopic (exact) mass is 364 g/mol. The van der Waals surface area contributed by atoms with Crippen molar-refractivity contribution in [1.82, 2.24) is 10.2 Å². The zero-order valence-corrected chi connectivity index (χ0v) is 15.8. The van der Waals surface area contributed by atoms with Crippen LogP contribution >= 0.6 is 0 Å². The maximum atomic E-state index is 12.3. The van der Waals surface area contributed by atoms with Crippen LogP contribution in [-0.2, 0) is 13.1 Å². The van der Waals surface area contributed by atoms with Gasteiger partial charge in [0.1, 0.15) is 12.4 Å². The van der Waals surface area contributed by atoms with Crippen LogP contribution in [0.3, 0.4) is 0 Å². The number of nitrogens with one attached hydrogen (secondary N) is 1. The summed E-state index contributed by atoms with van der Waals surface area (Å²) >= 11 is 0. The van der Waals surface area contributed by atoms with Crippen LogP contribution in [0.1, 0.15) is 40.7 Å². The van der Waals surface area contributed by atoms with Crippen molar-refractivity contribution in [3.63, 3.8) is 0 Å². The summed E-state index contributed by atoms with van der Waals surface area (Å²) in [6, 6.07) is 15.7. The number of carbonyl (C=O) groups is 1. The van der Waals surface area contributed by atoms with Crippen molar-refractivity contribution in [1.29, 1.82) is 0 Å². The fourth-order valence-corrected chi connectivity index (χ4v) is 3.28. The highest BCUT2D eigenvalue weighted by molar-refractivity contribution is 5.94. The van der Waals surface area contributed by atoms with E-state index >= 15 is 0 Å². The van der Waals surface area contributed by atoms with Crippen molar-refractivity contribution in [3.8, 4) is 5.75 Å². The standard InChI is InChI=1S/C23H28N2O2/c1-2-16-27-22-12-10-21(11-13-22)23(26)24-17-19-6-8-20(9-7-19)18-25-14-4-3-5-15-25/h2,6-13H,1,3-5,14-18H2,(H,24,26). The van der Waals surface area contributed by atoms with E-state index in [-0.39, 0.29) is 5.91 Å². The third-order valence-corrected chi connectivity index (χ3v) is 4.82. The Balaban J connectivity index is 1.47. The lowest BCUT2D eigenvalue weighted by Gasteiger charge is -2.26. The highest BCUT2D eigenvalue weighted by Crippen LogP contribution is 2.14. The van der Waals surface area contributed by atoms with E-state index in [4.69, 9.17) is 4.74 Å². The van der Waals surface area contributed by atoms with Crippen LogP contribution < -0.4 is 10.1 Å². The summed E-state index contributed by atoms with van der Waals surface area (Å²) in [4.78, 5) is 14.8. The largest absolute Gasteiger partial charge is 0.490 e. The first-order valence-corrected chi connectivity index (χ1v) is 9.67. The quantitative estimate of drug-likeness (QED) is 0.715. The smallest absolute Gasteiger partial charge is 0.251 e. The molecule has 0 saturated carbocycles. The van der Waals surface area contributed by atoms with Crippen LogP contribution in [0.15, 0.2) is 61.2 Å². The molecule has 4 nitrogen and oxygen atoms in total. The molecular weight excluding hydrogens is 336 g/mol. The van der Waals surface area contributed by atoms with E-state index in [2.05, 4.69) is 41.1 Å². The van der Waals surface area contributed by atoms with E-state index in [9.17, 15) is 4.79 Å². The fourth-order valence-electron chi connectivity index (χ4n) is 3.28. The van der Waals surface area contributed by atoms with Gasteiger partial charge >= 0.3 is 0 Å². The summed E-state index contributed by atoms with van der Waals surface area (Å²) in [5, 5.41) is 2.97. The second-order valence-electron chi connectivity index (χ2n) is 6.96. The summed E-state index contributed by atoms with van der Waals surface area (Å²) in [7, 11) is 0. The van der Waals surface area contributed by atoms with E-state index in [1.54, 1.807) is 30.3 Å². The predicted octanol–water partition coefficient (Wildman–Crippen LogP) is 4.17. The van der Waals surface area contributed by atoms with Crippen molar-refractivity contribution in [2.45, 2.75) is 32.4 Å². The van der Waals surface area contributed by atoms with Crippen molar-refractivity contribution >= 4 is 5.91 Å². The number of likely N-dealkylation sites (tertiary alicyclic amines) is 1. The average Bonchev–Trinajstić information content (AvgIpc) is 2.72. The molecule has 4 heteroatoms. The molecule has 2 aromatic carbocycles. The van der Waals surface area contributed by atoms with Gasteiger partial charge in [-0.2, -0.15) is 0 Å². The Morgan fingerprint density at radius 3 is 2.33 bits per heavy atom. The molecule has 3 rings (SSSR count). The number of hydrogen-bond acceptors (Lipinski definition) is 3. The first-order chi connectivity index (χ1) is 13.2. The van der Waals surface area contributed by atoms with Crippen molar-refractivity contribution in [2.75, 3.05) is 19.7 Å². The molecule has 1 heterocycles. The zero-order chi connectivity index (χ0) is 18.9. The second kappa shape index (κ2) is 9.93. The van der Waals surface area contributed by atoms with Gasteiger partial charge in [0.05, 0.1) is 0 Å². The van der Waals surface area contributed by atoms with Gasteiger partial charge in [-0.25, -0.2) is 0 Å². The number of carbonyl (C=O) groups excluding carboxylic acids is 1. The van der Waals surface area contributed by atoms with Gasteiger partial charge in [-0.15, -0.1) is 0 Å². The van der Waals surface area contributed by atoms with E-state index < -0.39 is 0 Å². The molecule has 2 aromatic rings. The lowest BCUT2D eigenvalue weighted by atomic mass is 10.1. The maximum absolute atomic E-state index is 12.3. The molecule has 1 aliphatic rings. The van der Waals surface area contributed by atoms with Gasteiger partial charge in [0.15, 0.2) is 0 Å². The predicted molar refractivity (Wildman–Crippen MR) is 109 cm³/mol. The van der Waals surface area contributed by atoms with Gasteiger partial charge in [0.25, 0.3) is 5.91 Å². The minimum Gasteiger partial charge on any atom is -0.490 e. The first kappa shape index (κ1) is 19.2. The fraction of sp³-hybridized carbons (Fsp3) is 0.348. The SMILES string of the molecule is C=CCOc1ccc(C(=O)NCc2ccc(CN3CCCCC3)cc2)cc1. The Kier molecular flexibility index (Phi) is 7.05. The van der Waals surface area contributed by atoms with Gasteiger partial charge in [0, 0.05) is 18.7 Å². The van der Waals surface area contributed by atoms with Gasteiger partial charge in [0.2, 0.25) is 0 Å². The Hall–Kier alpha value is -2.59. The average molecular weight is 364 g/mol. The number of nitrogens with zero attached hydrogens (tertiary/aromatic N) is 1. The molecule has 0 aliphatic carbocycles. The van der Waals surface area contributed by atoms with Gasteiger partial charge in [-0.1, -0.05) is 43.3 Å². The molecular formula is C23H28N2O2. The van der Waals surface area contributed by atoms with Crippen molar-refractivity contribution in [3.05, 3.63) is 77.9 Å². The van der Waals surface area contributed by atoms with Crippen LogP contribution in [0.2, 0.25) is 0 Å². The topological polar surface area (TPSA) is 41.6 Å². The molecule has 1 N–H and O–H groups in total. The summed E-state index contributed by atoms with van der Waals surface area (Å²) in [5.74, 6) is 0.651. The highest BCUT2D eigenvalue weighted by atomic mass is 16.5. The van der Waals surface area contributed by atoms with Crippen LogP contribution in [0, 0.1) is 0 Å². The lowest BCUT2D eigenvalue weighted by Crippen LogP contribution is -2.29. The second-order valence-corrected chi connectivity index (χ2v) is 6.96. The zero-order valence-electron chi connectivity index (χ0n) is 15.8. The number of amides is 1. The Bertz CT molecular complexity index is 732. The summed E-state index contributed by atoms with van der Waals surface area (Å²) in [6.07, 6.45) is 5.68. The number of benzene rings is 2. The molecule has 1 aliphatic heterocycles. The Morgan fingerprint density at radius 2 is 1.67 bits per heavy atom. The van der Waals surface area contributed by atoms with Crippen LogP contribution in [0.5, 0.6) is 5.75 Å². The van der Waals surface area contributed by atoms with E-state index in [1.165, 1.54) is 37.9 Å². The summed E-state index contributed by atoms with van der Waals surface area (Å²) in [5.41, 5.74) is 3.07. The number of piperidine rings is 1. The number of hydrogen-bond donors (Lipinski definition) is 1. The van der Waals surface area contributed by atoms with Crippen LogP contribution in [0.4, 0.5) is 0 Å². The number of ether oxygens (including phenoxy) is 1. The van der Waals surface area contributed by atoms with Crippen molar-refractivity contribution in [2.24, 2.45) is 0 Å². The van der Waals surface area contributed by atoms with Gasteiger partial charge < -0.3 is 10.1 Å². The normalized spacial score (nSPS) is 14.5. The summed E-state index contributed by atoms with van der Waals surface area (Å²) < 4.78 is 5.43. The molecule has 0 radical (unpaired) electrons. The van der Waals surface area contributed by atoms with E-state index in [1.807, 2.05) is 0 Å². The van der Waals surface area contributed by atoms with Gasteiger partial charge in [-0.3, -0.25) is 9.69 Å². The molecule has 1 fully saturated rings. The van der Waals surface area contributed by atoms with Gasteiger partial charge in [-0.05, 0) is 61.3 Å². The lowest BCUT2D eigenvalue weighted by molar-refractivity contribution is 0.0951. The molecule has 1 amide bonds. The molecule has 0 unspecified atom stereocenters. The third kappa shape index (κ3) is 5.97. The Labute approximate surface area is 161 Å².